The molecule has 3 aliphatic carbocycles. The lowest BCUT2D eigenvalue weighted by Crippen LogP contribution is -2.68. The quantitative estimate of drug-likeness (QED) is 0.374. The highest BCUT2D eigenvalue weighted by Gasteiger charge is 2.55. The van der Waals surface area contributed by atoms with Gasteiger partial charge in [0.2, 0.25) is 0 Å². The molecule has 5 rings (SSSR count). The summed E-state index contributed by atoms with van der Waals surface area (Å²) in [6, 6.07) is 3.26. The molecule has 2 nitrogen and oxygen atoms in total. The Kier molecular flexibility index (Phi) is 8.97. The van der Waals surface area contributed by atoms with E-state index in [0.29, 0.717) is 0 Å². The van der Waals surface area contributed by atoms with E-state index in [1.807, 2.05) is 0 Å². The van der Waals surface area contributed by atoms with Crippen molar-refractivity contribution in [3.05, 3.63) is 0 Å². The maximum Gasteiger partial charge on any atom is 0.156 e. The maximum atomic E-state index is 4.42. The van der Waals surface area contributed by atoms with Gasteiger partial charge in [-0.1, -0.05) is 116 Å². The zero-order chi connectivity index (χ0) is 21.6. The minimum Gasteiger partial charge on any atom is -0.312 e. The van der Waals surface area contributed by atoms with Gasteiger partial charge < -0.3 is 10.6 Å². The molecule has 0 amide bonds. The van der Waals surface area contributed by atoms with E-state index in [0.717, 1.165) is 48.3 Å². The van der Waals surface area contributed by atoms with Crippen molar-refractivity contribution in [2.24, 2.45) is 0 Å². The zero-order valence-electron chi connectivity index (χ0n) is 21.2. The topological polar surface area (TPSA) is 24.1 Å². The van der Waals surface area contributed by atoms with E-state index < -0.39 is 0 Å². The van der Waals surface area contributed by atoms with Gasteiger partial charge in [0.15, 0.2) is 6.71 Å². The first-order valence-electron chi connectivity index (χ1n) is 15.4. The Balaban J connectivity index is 1.46. The predicted molar refractivity (Wildman–Crippen MR) is 140 cm³/mol. The molecule has 3 heteroatoms. The lowest BCUT2D eigenvalue weighted by atomic mass is 9.20. The number of hydrogen-bond donors (Lipinski definition) is 2. The second kappa shape index (κ2) is 12.1. The lowest BCUT2D eigenvalue weighted by molar-refractivity contribution is 0.219. The molecule has 5 aliphatic rings. The molecular weight excluding hydrogens is 387 g/mol. The van der Waals surface area contributed by atoms with Crippen LogP contribution in [0.4, 0.5) is 0 Å². The van der Waals surface area contributed by atoms with Crippen LogP contribution >= 0.6 is 0 Å². The Morgan fingerprint density at radius 3 is 1.06 bits per heavy atom. The molecule has 182 valence electrons. The van der Waals surface area contributed by atoms with Gasteiger partial charge in [0.1, 0.15) is 0 Å². The summed E-state index contributed by atoms with van der Waals surface area (Å²) in [6.45, 7) is 1.02. The Morgan fingerprint density at radius 1 is 0.344 bits per heavy atom. The van der Waals surface area contributed by atoms with Crippen molar-refractivity contribution in [3.8, 4) is 0 Å². The SMILES string of the molecule is C1CCCCC2NC3CCCCCCCC3B3C4CCCCCCC4NC(CCCC1)C32. The summed E-state index contributed by atoms with van der Waals surface area (Å²) in [4.78, 5) is 0. The third-order valence-electron chi connectivity index (χ3n) is 10.6. The number of fused-ring (bicyclic) bond motifs is 4. The molecule has 32 heavy (non-hydrogen) atoms. The van der Waals surface area contributed by atoms with Gasteiger partial charge in [0.05, 0.1) is 0 Å². The molecule has 2 N–H and O–H groups in total. The van der Waals surface area contributed by atoms with Crippen molar-refractivity contribution >= 4 is 6.71 Å². The van der Waals surface area contributed by atoms with E-state index >= 15 is 0 Å². The van der Waals surface area contributed by atoms with Crippen molar-refractivity contribution in [3.63, 3.8) is 0 Å². The van der Waals surface area contributed by atoms with Crippen LogP contribution in [0.2, 0.25) is 17.5 Å². The largest absolute Gasteiger partial charge is 0.312 e. The smallest absolute Gasteiger partial charge is 0.156 e. The minimum atomic E-state index is 0.797. The average molecular weight is 441 g/mol. The molecule has 0 aromatic heterocycles. The van der Waals surface area contributed by atoms with Gasteiger partial charge in [-0.05, 0) is 43.1 Å². The molecule has 0 radical (unpaired) electrons. The van der Waals surface area contributed by atoms with Crippen LogP contribution in [0.25, 0.3) is 0 Å². The second-order valence-corrected chi connectivity index (χ2v) is 12.6. The van der Waals surface area contributed by atoms with Crippen LogP contribution in [-0.2, 0) is 0 Å². The van der Waals surface area contributed by atoms with Crippen LogP contribution in [-0.4, -0.2) is 30.9 Å². The Bertz CT molecular complexity index is 553. The Morgan fingerprint density at radius 2 is 0.656 bits per heavy atom. The maximum absolute atomic E-state index is 4.42. The monoisotopic (exact) mass is 440 g/mol. The van der Waals surface area contributed by atoms with E-state index in [4.69, 9.17) is 0 Å². The highest BCUT2D eigenvalue weighted by molar-refractivity contribution is 6.65. The standard InChI is InChI=1S/C29H53BN2/c1-2-6-15-21-27-29-28(22-16-7-3-1)32-26-20-14-10-9-12-18-24(26)30(29)23-17-11-5-4-8-13-19-25(23)31-27/h23-29,31-32H,1-22H2. The summed E-state index contributed by atoms with van der Waals surface area (Å²) < 4.78 is 0. The zero-order valence-corrected chi connectivity index (χ0v) is 21.2. The van der Waals surface area contributed by atoms with Crippen LogP contribution in [0.5, 0.6) is 0 Å². The summed E-state index contributed by atoms with van der Waals surface area (Å²) in [7, 11) is 0. The number of hydrogen-bond acceptors (Lipinski definition) is 2. The predicted octanol–water partition coefficient (Wildman–Crippen LogP) is 7.90. The third-order valence-corrected chi connectivity index (χ3v) is 10.6. The lowest BCUT2D eigenvalue weighted by Gasteiger charge is -2.58. The summed E-state index contributed by atoms with van der Waals surface area (Å²) in [6.07, 6.45) is 32.7. The third kappa shape index (κ3) is 5.61. The van der Waals surface area contributed by atoms with Gasteiger partial charge in [-0.2, -0.15) is 0 Å². The van der Waals surface area contributed by atoms with E-state index in [1.54, 1.807) is 0 Å². The molecule has 7 atom stereocenters. The van der Waals surface area contributed by atoms with Crippen molar-refractivity contribution in [2.75, 3.05) is 0 Å². The normalized spacial score (nSPS) is 42.8. The highest BCUT2D eigenvalue weighted by Crippen LogP contribution is 2.52. The van der Waals surface area contributed by atoms with Crippen molar-refractivity contribution in [1.29, 1.82) is 0 Å². The second-order valence-electron chi connectivity index (χ2n) is 12.6. The van der Waals surface area contributed by atoms with Crippen molar-refractivity contribution in [1.82, 2.24) is 10.6 Å². The Labute approximate surface area is 200 Å². The number of rotatable bonds is 0. The fourth-order valence-corrected chi connectivity index (χ4v) is 9.18. The minimum absolute atomic E-state index is 0.797. The van der Waals surface area contributed by atoms with Gasteiger partial charge in [-0.3, -0.25) is 0 Å². The van der Waals surface area contributed by atoms with E-state index in [2.05, 4.69) is 10.6 Å². The molecule has 5 fully saturated rings. The van der Waals surface area contributed by atoms with Crippen LogP contribution in [0.1, 0.15) is 141 Å². The first-order valence-corrected chi connectivity index (χ1v) is 15.4. The first kappa shape index (κ1) is 23.7. The molecular formula is C29H53BN2. The van der Waals surface area contributed by atoms with Gasteiger partial charge in [-0.25, -0.2) is 0 Å². The molecule has 0 spiro atoms. The van der Waals surface area contributed by atoms with Gasteiger partial charge in [0, 0.05) is 24.2 Å². The van der Waals surface area contributed by atoms with Gasteiger partial charge >= 0.3 is 0 Å². The molecule has 2 aliphatic heterocycles. The molecule has 3 saturated carbocycles. The molecule has 0 bridgehead atoms. The molecule has 7 unspecified atom stereocenters. The van der Waals surface area contributed by atoms with Crippen LogP contribution < -0.4 is 10.6 Å². The van der Waals surface area contributed by atoms with Crippen molar-refractivity contribution < 1.29 is 0 Å². The van der Waals surface area contributed by atoms with Crippen LogP contribution in [0, 0.1) is 0 Å². The highest BCUT2D eigenvalue weighted by atomic mass is 15.0. The average Bonchev–Trinajstić information content (AvgIpc) is 2.89. The summed E-state index contributed by atoms with van der Waals surface area (Å²) >= 11 is 0. The molecule has 2 heterocycles. The molecule has 0 aromatic rings. The Hall–Kier alpha value is -0.0151. The van der Waals surface area contributed by atoms with Gasteiger partial charge in [0.25, 0.3) is 0 Å². The molecule has 2 saturated heterocycles. The fraction of sp³-hybridized carbons (Fsp3) is 1.00. The summed E-state index contributed by atoms with van der Waals surface area (Å²) in [5, 5.41) is 8.82. The molecule has 0 aromatic carbocycles. The number of nitrogens with one attached hydrogen (secondary N) is 2. The van der Waals surface area contributed by atoms with E-state index in [9.17, 15) is 0 Å². The van der Waals surface area contributed by atoms with E-state index in [-0.39, 0.29) is 0 Å². The van der Waals surface area contributed by atoms with Gasteiger partial charge in [-0.15, -0.1) is 0 Å². The summed E-state index contributed by atoms with van der Waals surface area (Å²) in [5.74, 6) is 2.86. The summed E-state index contributed by atoms with van der Waals surface area (Å²) in [5.41, 5.74) is 0. The van der Waals surface area contributed by atoms with E-state index in [1.165, 1.54) is 141 Å². The fourth-order valence-electron chi connectivity index (χ4n) is 9.18. The van der Waals surface area contributed by atoms with Crippen molar-refractivity contribution in [2.45, 2.75) is 183 Å². The first-order chi connectivity index (χ1) is 15.9. The van der Waals surface area contributed by atoms with Crippen LogP contribution in [0.15, 0.2) is 0 Å². The van der Waals surface area contributed by atoms with Crippen LogP contribution in [0.3, 0.4) is 0 Å².